The van der Waals surface area contributed by atoms with E-state index >= 15 is 0 Å². The Bertz CT molecular complexity index is 931. The fraction of sp³-hybridized carbons (Fsp3) is 0.211. The minimum Gasteiger partial charge on any atom is -0.384 e. The minimum atomic E-state index is -1.85. The number of halogens is 2. The fourth-order valence-corrected chi connectivity index (χ4v) is 2.87. The summed E-state index contributed by atoms with van der Waals surface area (Å²) in [5.41, 5.74) is 6.08. The number of morpholine rings is 1. The number of carbonyl (C=O) groups is 2. The molecule has 0 spiro atoms. The van der Waals surface area contributed by atoms with Gasteiger partial charge in [0.2, 0.25) is 0 Å². The first-order chi connectivity index (χ1) is 13.8. The van der Waals surface area contributed by atoms with Crippen molar-refractivity contribution in [3.8, 4) is 0 Å². The zero-order valence-electron chi connectivity index (χ0n) is 15.1. The third-order valence-electron chi connectivity index (χ3n) is 4.30. The highest BCUT2D eigenvalue weighted by molar-refractivity contribution is 6.04. The number of nitrogens with zero attached hydrogens (tertiary/aromatic N) is 1. The van der Waals surface area contributed by atoms with Gasteiger partial charge in [0.05, 0.1) is 6.61 Å². The van der Waals surface area contributed by atoms with Crippen molar-refractivity contribution in [2.45, 2.75) is 12.2 Å². The van der Waals surface area contributed by atoms with E-state index in [0.717, 1.165) is 17.0 Å². The molecule has 2 atom stereocenters. The molecule has 2 amide bonds. The molecule has 8 nitrogen and oxygen atoms in total. The lowest BCUT2D eigenvalue weighted by atomic mass is 10.1. The number of nitrogens with one attached hydrogen (secondary N) is 2. The van der Waals surface area contributed by atoms with Crippen molar-refractivity contribution in [2.24, 2.45) is 5.73 Å². The number of hydrogen-bond acceptors (Lipinski definition) is 5. The maximum absolute atomic E-state index is 13.5. The molecule has 5 N–H and O–H groups in total. The maximum atomic E-state index is 13.5. The van der Waals surface area contributed by atoms with Gasteiger partial charge in [-0.2, -0.15) is 0 Å². The van der Waals surface area contributed by atoms with Gasteiger partial charge in [-0.05, 0) is 36.4 Å². The number of ether oxygens (including phenoxy) is 1. The molecule has 2 aromatic carbocycles. The molecular weight excluding hydrogens is 386 g/mol. The van der Waals surface area contributed by atoms with Gasteiger partial charge in [0.1, 0.15) is 17.5 Å². The SMILES string of the molecule is N=C(N)c1ccc(NC(=O)C(O)[C@H]2OCCN(c3cc(F)cc(F)c3)C2=O)cc1. The smallest absolute Gasteiger partial charge is 0.259 e. The number of anilines is 2. The zero-order valence-corrected chi connectivity index (χ0v) is 15.1. The summed E-state index contributed by atoms with van der Waals surface area (Å²) in [6.07, 6.45) is -3.39. The van der Waals surface area contributed by atoms with Crippen molar-refractivity contribution in [1.82, 2.24) is 0 Å². The second-order valence-electron chi connectivity index (χ2n) is 6.33. The van der Waals surface area contributed by atoms with E-state index < -0.39 is 35.7 Å². The monoisotopic (exact) mass is 404 g/mol. The molecule has 0 saturated carbocycles. The lowest BCUT2D eigenvalue weighted by molar-refractivity contribution is -0.150. The van der Waals surface area contributed by atoms with Gasteiger partial charge in [-0.1, -0.05) is 0 Å². The minimum absolute atomic E-state index is 0.0130. The van der Waals surface area contributed by atoms with E-state index in [9.17, 15) is 23.5 Å². The van der Waals surface area contributed by atoms with Gasteiger partial charge in [0.15, 0.2) is 12.2 Å². The molecule has 0 bridgehead atoms. The number of carbonyl (C=O) groups excluding carboxylic acids is 2. The van der Waals surface area contributed by atoms with Crippen molar-refractivity contribution >= 4 is 29.0 Å². The highest BCUT2D eigenvalue weighted by Crippen LogP contribution is 2.23. The summed E-state index contributed by atoms with van der Waals surface area (Å²) < 4.78 is 32.2. The Morgan fingerprint density at radius 3 is 2.45 bits per heavy atom. The number of amides is 2. The number of nitrogen functional groups attached to an aromatic ring is 1. The summed E-state index contributed by atoms with van der Waals surface area (Å²) in [4.78, 5) is 26.0. The number of nitrogens with two attached hydrogens (primary N) is 1. The maximum Gasteiger partial charge on any atom is 0.259 e. The van der Waals surface area contributed by atoms with Crippen LogP contribution in [0.2, 0.25) is 0 Å². The van der Waals surface area contributed by atoms with E-state index in [4.69, 9.17) is 15.9 Å². The molecule has 1 heterocycles. The number of hydrogen-bond donors (Lipinski definition) is 4. The Morgan fingerprint density at radius 2 is 1.86 bits per heavy atom. The summed E-state index contributed by atoms with van der Waals surface area (Å²) in [6, 6.07) is 8.60. The van der Waals surface area contributed by atoms with Crippen LogP contribution in [0.15, 0.2) is 42.5 Å². The predicted octanol–water partition coefficient (Wildman–Crippen LogP) is 0.980. The van der Waals surface area contributed by atoms with Crippen LogP contribution in [-0.2, 0) is 14.3 Å². The van der Waals surface area contributed by atoms with Gasteiger partial charge in [0.25, 0.3) is 11.8 Å². The molecule has 0 radical (unpaired) electrons. The summed E-state index contributed by atoms with van der Waals surface area (Å²) in [5.74, 6) is -3.55. The molecular formula is C19H18F2N4O4. The number of rotatable bonds is 5. The van der Waals surface area contributed by atoms with Gasteiger partial charge in [-0.25, -0.2) is 8.78 Å². The molecule has 2 aromatic rings. The molecule has 152 valence electrons. The van der Waals surface area contributed by atoms with Gasteiger partial charge >= 0.3 is 0 Å². The van der Waals surface area contributed by atoms with Crippen LogP contribution < -0.4 is 16.0 Å². The summed E-state index contributed by atoms with van der Waals surface area (Å²) in [7, 11) is 0. The first-order valence-electron chi connectivity index (χ1n) is 8.59. The van der Waals surface area contributed by atoms with E-state index in [1.165, 1.54) is 24.3 Å². The number of aliphatic hydroxyl groups is 1. The first-order valence-corrected chi connectivity index (χ1v) is 8.59. The molecule has 1 fully saturated rings. The van der Waals surface area contributed by atoms with Gasteiger partial charge in [-0.15, -0.1) is 0 Å². The highest BCUT2D eigenvalue weighted by Gasteiger charge is 2.39. The Hall–Kier alpha value is -3.37. The number of amidine groups is 1. The van der Waals surface area contributed by atoms with Gasteiger partial charge in [-0.3, -0.25) is 15.0 Å². The van der Waals surface area contributed by atoms with Crippen LogP contribution in [-0.4, -0.2) is 48.1 Å². The zero-order chi connectivity index (χ0) is 21.1. The van der Waals surface area contributed by atoms with Crippen LogP contribution in [0.3, 0.4) is 0 Å². The number of aliphatic hydroxyl groups excluding tert-OH is 1. The molecule has 1 aliphatic rings. The Kier molecular flexibility index (Phi) is 5.85. The number of benzene rings is 2. The standard InChI is InChI=1S/C19H18F2N4O4/c20-11-7-12(21)9-14(8-11)25-5-6-29-16(19(25)28)15(26)18(27)24-13-3-1-10(2-4-13)17(22)23/h1-4,7-9,15-16,26H,5-6H2,(H3,22,23)(H,24,27)/t15?,16-/m1/s1. The van der Waals surface area contributed by atoms with Crippen molar-refractivity contribution in [1.29, 1.82) is 5.41 Å². The predicted molar refractivity (Wildman–Crippen MR) is 101 cm³/mol. The average Bonchev–Trinajstić information content (AvgIpc) is 2.67. The lowest BCUT2D eigenvalue weighted by Crippen LogP contribution is -2.55. The first kappa shape index (κ1) is 20.4. The quantitative estimate of drug-likeness (QED) is 0.436. The van der Waals surface area contributed by atoms with Crippen LogP contribution in [0.1, 0.15) is 5.56 Å². The van der Waals surface area contributed by atoms with E-state index in [-0.39, 0.29) is 24.7 Å². The van der Waals surface area contributed by atoms with Gasteiger partial charge < -0.3 is 25.8 Å². The average molecular weight is 404 g/mol. The molecule has 0 aromatic heterocycles. The second-order valence-corrected chi connectivity index (χ2v) is 6.33. The topological polar surface area (TPSA) is 129 Å². The Labute approximate surface area is 164 Å². The van der Waals surface area contributed by atoms with Crippen molar-refractivity contribution < 1.29 is 28.2 Å². The molecule has 0 aliphatic carbocycles. The molecule has 1 aliphatic heterocycles. The second kappa shape index (κ2) is 8.33. The third-order valence-corrected chi connectivity index (χ3v) is 4.30. The fourth-order valence-electron chi connectivity index (χ4n) is 2.87. The normalized spacial score (nSPS) is 17.7. The molecule has 29 heavy (non-hydrogen) atoms. The van der Waals surface area contributed by atoms with E-state index in [0.29, 0.717) is 17.3 Å². The largest absolute Gasteiger partial charge is 0.384 e. The van der Waals surface area contributed by atoms with Crippen LogP contribution >= 0.6 is 0 Å². The molecule has 3 rings (SSSR count). The Morgan fingerprint density at radius 1 is 1.24 bits per heavy atom. The van der Waals surface area contributed by atoms with Crippen LogP contribution in [0, 0.1) is 17.0 Å². The summed E-state index contributed by atoms with van der Waals surface area (Å²) >= 11 is 0. The van der Waals surface area contributed by atoms with Crippen molar-refractivity contribution in [3.05, 3.63) is 59.7 Å². The molecule has 10 heteroatoms. The van der Waals surface area contributed by atoms with E-state index in [1.54, 1.807) is 0 Å². The van der Waals surface area contributed by atoms with Crippen molar-refractivity contribution in [2.75, 3.05) is 23.4 Å². The van der Waals surface area contributed by atoms with Crippen molar-refractivity contribution in [3.63, 3.8) is 0 Å². The third kappa shape index (κ3) is 4.55. The lowest BCUT2D eigenvalue weighted by Gasteiger charge is -2.34. The van der Waals surface area contributed by atoms with E-state index in [1.807, 2.05) is 0 Å². The van der Waals surface area contributed by atoms with Crippen LogP contribution in [0.4, 0.5) is 20.2 Å². The van der Waals surface area contributed by atoms with E-state index in [2.05, 4.69) is 5.32 Å². The van der Waals surface area contributed by atoms with Crippen LogP contribution in [0.25, 0.3) is 0 Å². The molecule has 1 unspecified atom stereocenters. The van der Waals surface area contributed by atoms with Gasteiger partial charge in [0, 0.05) is 29.5 Å². The summed E-state index contributed by atoms with van der Waals surface area (Å²) in [5, 5.41) is 20.1. The highest BCUT2D eigenvalue weighted by atomic mass is 19.1. The van der Waals surface area contributed by atoms with Crippen LogP contribution in [0.5, 0.6) is 0 Å². The summed E-state index contributed by atoms with van der Waals surface area (Å²) in [6.45, 7) is -0.0226. The molecule has 1 saturated heterocycles. The Balaban J connectivity index is 1.72.